The van der Waals surface area contributed by atoms with Crippen molar-refractivity contribution in [2.45, 2.75) is 25.3 Å². The first-order valence-electron chi connectivity index (χ1n) is 8.59. The van der Waals surface area contributed by atoms with Gasteiger partial charge in [0.1, 0.15) is 5.82 Å². The molecule has 4 rings (SSSR count). The molecule has 1 unspecified atom stereocenters. The lowest BCUT2D eigenvalue weighted by atomic mass is 10.1. The lowest BCUT2D eigenvalue weighted by molar-refractivity contribution is -0.115. The maximum atomic E-state index is 13.0. The van der Waals surface area contributed by atoms with Crippen LogP contribution in [0.4, 0.5) is 11.4 Å². The zero-order valence-electron chi connectivity index (χ0n) is 14.2. The first kappa shape index (κ1) is 15.7. The molecule has 130 valence electrons. The fraction of sp³-hybridized carbons (Fsp3) is 0.389. The molecular weight excluding hydrogens is 318 g/mol. The van der Waals surface area contributed by atoms with Crippen molar-refractivity contribution < 1.29 is 9.59 Å². The number of nitrogens with zero attached hydrogens (tertiary/aromatic N) is 3. The van der Waals surface area contributed by atoms with E-state index in [2.05, 4.69) is 15.3 Å². The summed E-state index contributed by atoms with van der Waals surface area (Å²) in [6.45, 7) is 1.38. The molecule has 7 heteroatoms. The molecule has 7 nitrogen and oxygen atoms in total. The number of hydrogen-bond donors (Lipinski definition) is 2. The minimum atomic E-state index is -0.0251. The van der Waals surface area contributed by atoms with Crippen molar-refractivity contribution in [3.8, 4) is 0 Å². The third kappa shape index (κ3) is 2.86. The molecule has 1 atom stereocenters. The van der Waals surface area contributed by atoms with Gasteiger partial charge in [-0.25, -0.2) is 4.98 Å². The number of carbonyl (C=O) groups is 2. The van der Waals surface area contributed by atoms with Crippen LogP contribution < -0.4 is 10.2 Å². The number of anilines is 2. The van der Waals surface area contributed by atoms with Gasteiger partial charge in [-0.15, -0.1) is 0 Å². The van der Waals surface area contributed by atoms with Gasteiger partial charge in [0.25, 0.3) is 5.91 Å². The van der Waals surface area contributed by atoms with Crippen LogP contribution in [-0.4, -0.2) is 46.8 Å². The Kier molecular flexibility index (Phi) is 3.91. The van der Waals surface area contributed by atoms with E-state index in [0.717, 1.165) is 24.4 Å². The Hall–Kier alpha value is -2.83. The normalized spacial score (nSPS) is 20.2. The number of rotatable bonds is 2. The third-order valence-corrected chi connectivity index (χ3v) is 4.95. The van der Waals surface area contributed by atoms with Crippen LogP contribution in [0.3, 0.4) is 0 Å². The van der Waals surface area contributed by atoms with Gasteiger partial charge in [0.15, 0.2) is 0 Å². The predicted molar refractivity (Wildman–Crippen MR) is 94.6 cm³/mol. The Morgan fingerprint density at radius 3 is 3.00 bits per heavy atom. The number of nitrogens with one attached hydrogen (secondary N) is 2. The van der Waals surface area contributed by atoms with Gasteiger partial charge >= 0.3 is 0 Å². The number of carbonyl (C=O) groups excluding carboxylic acids is 2. The van der Waals surface area contributed by atoms with E-state index in [1.807, 2.05) is 29.0 Å². The molecule has 3 heterocycles. The Labute approximate surface area is 146 Å². The fourth-order valence-electron chi connectivity index (χ4n) is 3.62. The van der Waals surface area contributed by atoms with E-state index in [4.69, 9.17) is 0 Å². The maximum absolute atomic E-state index is 13.0. The minimum Gasteiger partial charge on any atom is -0.372 e. The lowest BCUT2D eigenvalue weighted by Crippen LogP contribution is -2.31. The quantitative estimate of drug-likeness (QED) is 0.878. The Morgan fingerprint density at radius 1 is 1.32 bits per heavy atom. The number of aromatic amines is 1. The zero-order chi connectivity index (χ0) is 17.4. The lowest BCUT2D eigenvalue weighted by Gasteiger charge is -2.24. The van der Waals surface area contributed by atoms with Crippen LogP contribution in [-0.2, 0) is 4.79 Å². The first-order valence-corrected chi connectivity index (χ1v) is 8.59. The van der Waals surface area contributed by atoms with Gasteiger partial charge in [-0.2, -0.15) is 0 Å². The monoisotopic (exact) mass is 339 g/mol. The number of H-pyrrole nitrogens is 1. The largest absolute Gasteiger partial charge is 0.372 e. The topological polar surface area (TPSA) is 81.3 Å². The Bertz CT molecular complexity index is 802. The minimum absolute atomic E-state index is 0.0152. The molecule has 2 amide bonds. The number of imidazole rings is 1. The molecule has 0 aliphatic carbocycles. The number of likely N-dealkylation sites (tertiary alicyclic amines) is 1. The molecule has 1 saturated heterocycles. The summed E-state index contributed by atoms with van der Waals surface area (Å²) in [5.41, 5.74) is 2.23. The van der Waals surface area contributed by atoms with Gasteiger partial charge in [0, 0.05) is 44.5 Å². The molecule has 0 bridgehead atoms. The second kappa shape index (κ2) is 6.23. The van der Waals surface area contributed by atoms with E-state index in [1.54, 1.807) is 18.5 Å². The van der Waals surface area contributed by atoms with E-state index < -0.39 is 0 Å². The highest BCUT2D eigenvalue weighted by molar-refractivity contribution is 6.01. The molecule has 1 aromatic heterocycles. The standard InChI is InChI=1S/C18H21N5O2/c1-22-10-6-16(24)21-13-11-12(4-5-14(13)22)18(25)23-9-2-3-15(23)17-19-7-8-20-17/h4-5,7-8,11,15H,2-3,6,9-10H2,1H3,(H,19,20)(H,21,24). The van der Waals surface area contributed by atoms with Crippen molar-refractivity contribution in [2.24, 2.45) is 0 Å². The summed E-state index contributed by atoms with van der Waals surface area (Å²) < 4.78 is 0. The van der Waals surface area contributed by atoms with Crippen molar-refractivity contribution in [3.05, 3.63) is 42.0 Å². The van der Waals surface area contributed by atoms with Gasteiger partial charge < -0.3 is 20.1 Å². The van der Waals surface area contributed by atoms with Crippen LogP contribution in [0.25, 0.3) is 0 Å². The van der Waals surface area contributed by atoms with E-state index in [-0.39, 0.29) is 17.9 Å². The molecular formula is C18H21N5O2. The van der Waals surface area contributed by atoms with Crippen molar-refractivity contribution in [2.75, 3.05) is 30.4 Å². The molecule has 0 saturated carbocycles. The molecule has 0 radical (unpaired) electrons. The summed E-state index contributed by atoms with van der Waals surface area (Å²) in [4.78, 5) is 36.3. The second-order valence-corrected chi connectivity index (χ2v) is 6.58. The average Bonchev–Trinajstić information content (AvgIpc) is 3.27. The molecule has 2 N–H and O–H groups in total. The fourth-order valence-corrected chi connectivity index (χ4v) is 3.62. The smallest absolute Gasteiger partial charge is 0.254 e. The molecule has 2 aromatic rings. The van der Waals surface area contributed by atoms with Crippen molar-refractivity contribution >= 4 is 23.2 Å². The number of aromatic nitrogens is 2. The van der Waals surface area contributed by atoms with Crippen molar-refractivity contribution in [3.63, 3.8) is 0 Å². The summed E-state index contributed by atoms with van der Waals surface area (Å²) in [5, 5.41) is 2.91. The van der Waals surface area contributed by atoms with Crippen LogP contribution in [0.15, 0.2) is 30.6 Å². The van der Waals surface area contributed by atoms with Gasteiger partial charge in [0.2, 0.25) is 5.91 Å². The van der Waals surface area contributed by atoms with Crippen LogP contribution in [0.5, 0.6) is 0 Å². The molecule has 1 fully saturated rings. The van der Waals surface area contributed by atoms with Gasteiger partial charge in [-0.3, -0.25) is 9.59 Å². The molecule has 25 heavy (non-hydrogen) atoms. The highest BCUT2D eigenvalue weighted by Crippen LogP contribution is 2.33. The van der Waals surface area contributed by atoms with Crippen LogP contribution in [0, 0.1) is 0 Å². The van der Waals surface area contributed by atoms with Crippen LogP contribution >= 0.6 is 0 Å². The summed E-state index contributed by atoms with van der Waals surface area (Å²) in [7, 11) is 1.95. The summed E-state index contributed by atoms with van der Waals surface area (Å²) in [6, 6.07) is 5.52. The summed E-state index contributed by atoms with van der Waals surface area (Å²) >= 11 is 0. The summed E-state index contributed by atoms with van der Waals surface area (Å²) in [5.74, 6) is 0.779. The highest BCUT2D eigenvalue weighted by atomic mass is 16.2. The summed E-state index contributed by atoms with van der Waals surface area (Å²) in [6.07, 6.45) is 5.81. The van der Waals surface area contributed by atoms with Crippen molar-refractivity contribution in [1.29, 1.82) is 0 Å². The number of fused-ring (bicyclic) bond motifs is 1. The van der Waals surface area contributed by atoms with Crippen molar-refractivity contribution in [1.82, 2.24) is 14.9 Å². The van der Waals surface area contributed by atoms with E-state index >= 15 is 0 Å². The second-order valence-electron chi connectivity index (χ2n) is 6.58. The Balaban J connectivity index is 1.63. The molecule has 1 aromatic carbocycles. The number of benzene rings is 1. The van der Waals surface area contributed by atoms with Gasteiger partial charge in [0.05, 0.1) is 17.4 Å². The Morgan fingerprint density at radius 2 is 2.20 bits per heavy atom. The van der Waals surface area contributed by atoms with Gasteiger partial charge in [-0.1, -0.05) is 0 Å². The SMILES string of the molecule is CN1CCC(=O)Nc2cc(C(=O)N3CCCC3c3ncc[nH]3)ccc21. The molecule has 0 spiro atoms. The van der Waals surface area contributed by atoms with Crippen LogP contribution in [0.2, 0.25) is 0 Å². The van der Waals surface area contributed by atoms with E-state index in [0.29, 0.717) is 30.8 Å². The highest BCUT2D eigenvalue weighted by Gasteiger charge is 2.32. The maximum Gasteiger partial charge on any atom is 0.254 e. The van der Waals surface area contributed by atoms with E-state index in [9.17, 15) is 9.59 Å². The zero-order valence-corrected chi connectivity index (χ0v) is 14.2. The molecule has 2 aliphatic heterocycles. The first-order chi connectivity index (χ1) is 12.1. The molecule has 2 aliphatic rings. The predicted octanol–water partition coefficient (Wildman–Crippen LogP) is 2.17. The average molecular weight is 339 g/mol. The third-order valence-electron chi connectivity index (χ3n) is 4.95. The number of hydrogen-bond acceptors (Lipinski definition) is 4. The van der Waals surface area contributed by atoms with Gasteiger partial charge in [-0.05, 0) is 31.0 Å². The number of amides is 2. The van der Waals surface area contributed by atoms with Crippen LogP contribution in [0.1, 0.15) is 41.5 Å². The van der Waals surface area contributed by atoms with E-state index in [1.165, 1.54) is 0 Å².